The minimum absolute atomic E-state index is 0.0575. The molecule has 0 saturated heterocycles. The predicted molar refractivity (Wildman–Crippen MR) is 66.8 cm³/mol. The van der Waals surface area contributed by atoms with Crippen molar-refractivity contribution < 1.29 is 8.42 Å². The number of hydrogen-bond acceptors (Lipinski definition) is 2. The first-order chi connectivity index (χ1) is 6.56. The molecule has 82 valence electrons. The third-order valence-corrected chi connectivity index (χ3v) is 6.66. The van der Waals surface area contributed by atoms with E-state index in [2.05, 4.69) is 31.9 Å². The molecule has 0 fully saturated rings. The maximum absolute atomic E-state index is 11.6. The maximum atomic E-state index is 11.6. The summed E-state index contributed by atoms with van der Waals surface area (Å²) in [7, 11) is -2.98. The summed E-state index contributed by atoms with van der Waals surface area (Å²) >= 11 is 6.53. The van der Waals surface area contributed by atoms with Crippen LogP contribution in [0.3, 0.4) is 0 Å². The van der Waals surface area contributed by atoms with Crippen molar-refractivity contribution in [2.24, 2.45) is 0 Å². The van der Waals surface area contributed by atoms with Crippen LogP contribution >= 0.6 is 31.9 Å². The van der Waals surface area contributed by atoms with Crippen molar-refractivity contribution in [3.63, 3.8) is 0 Å². The lowest BCUT2D eigenvalue weighted by molar-refractivity contribution is 0.576. The summed E-state index contributed by atoms with van der Waals surface area (Å²) in [6.45, 7) is 0. The van der Waals surface area contributed by atoms with Gasteiger partial charge in [0.15, 0.2) is 9.84 Å². The highest BCUT2D eigenvalue weighted by atomic mass is 79.9. The quantitative estimate of drug-likeness (QED) is 0.569. The van der Waals surface area contributed by atoms with Crippen molar-refractivity contribution in [3.8, 4) is 0 Å². The summed E-state index contributed by atoms with van der Waals surface area (Å²) in [5.74, 6) is 0. The van der Waals surface area contributed by atoms with E-state index in [0.29, 0.717) is 4.83 Å². The Morgan fingerprint density at radius 3 is 2.50 bits per heavy atom. The molecule has 0 saturated carbocycles. The van der Waals surface area contributed by atoms with Gasteiger partial charge in [0.2, 0.25) is 0 Å². The number of halogens is 2. The van der Waals surface area contributed by atoms with Crippen molar-refractivity contribution in [2.45, 2.75) is 35.8 Å². The van der Waals surface area contributed by atoms with Crippen molar-refractivity contribution in [1.82, 2.24) is 0 Å². The van der Waals surface area contributed by atoms with E-state index in [4.69, 9.17) is 0 Å². The van der Waals surface area contributed by atoms with Gasteiger partial charge in [-0.05, 0) is 12.8 Å². The molecule has 0 heterocycles. The molecule has 1 aliphatic rings. The van der Waals surface area contributed by atoms with Crippen LogP contribution in [0.25, 0.3) is 0 Å². The number of allylic oxidation sites excluding steroid dienone is 1. The Hall–Kier alpha value is 0.650. The Balaban J connectivity index is 2.77. The Labute approximate surface area is 102 Å². The van der Waals surface area contributed by atoms with E-state index in [1.165, 1.54) is 0 Å². The van der Waals surface area contributed by atoms with E-state index in [1.54, 1.807) is 0 Å². The highest BCUT2D eigenvalue weighted by Crippen LogP contribution is 2.22. The van der Waals surface area contributed by atoms with E-state index in [-0.39, 0.29) is 9.91 Å². The lowest BCUT2D eigenvalue weighted by Crippen LogP contribution is -2.21. The zero-order valence-corrected chi connectivity index (χ0v) is 11.8. The Kier molecular flexibility index (Phi) is 5.14. The van der Waals surface area contributed by atoms with Crippen LogP contribution in [0, 0.1) is 0 Å². The minimum atomic E-state index is -2.98. The second kappa shape index (κ2) is 5.66. The zero-order chi connectivity index (χ0) is 10.6. The molecule has 1 rings (SSSR count). The van der Waals surface area contributed by atoms with Crippen LogP contribution in [0.2, 0.25) is 0 Å². The third-order valence-electron chi connectivity index (χ3n) is 2.37. The van der Waals surface area contributed by atoms with Gasteiger partial charge in [0.05, 0.1) is 5.25 Å². The van der Waals surface area contributed by atoms with Gasteiger partial charge in [-0.3, -0.25) is 0 Å². The minimum Gasteiger partial charge on any atom is -0.227 e. The maximum Gasteiger partial charge on any atom is 0.166 e. The van der Waals surface area contributed by atoms with Crippen molar-refractivity contribution in [1.29, 1.82) is 0 Å². The van der Waals surface area contributed by atoms with Gasteiger partial charge in [0.25, 0.3) is 0 Å². The highest BCUT2D eigenvalue weighted by molar-refractivity contribution is 9.10. The van der Waals surface area contributed by atoms with E-state index in [9.17, 15) is 8.42 Å². The standard InChI is InChI=1S/C9H14Br2O2S/c10-7-14(12,13)9-4-2-1-3-8(11)5-6-9/h5-6,8-9H,1-4,7H2. The molecule has 14 heavy (non-hydrogen) atoms. The first-order valence-electron chi connectivity index (χ1n) is 4.66. The SMILES string of the molecule is O=S(=O)(CBr)C1C=CC(Br)CCCC1. The normalized spacial score (nSPS) is 29.6. The van der Waals surface area contributed by atoms with E-state index < -0.39 is 9.84 Å². The summed E-state index contributed by atoms with van der Waals surface area (Å²) in [5.41, 5.74) is 0. The molecule has 0 aliphatic heterocycles. The van der Waals surface area contributed by atoms with Gasteiger partial charge in [-0.15, -0.1) is 0 Å². The number of sulfone groups is 1. The summed E-state index contributed by atoms with van der Waals surface area (Å²) in [5, 5.41) is -0.303. The summed E-state index contributed by atoms with van der Waals surface area (Å²) in [4.78, 5) is 0.329. The molecule has 1 aliphatic carbocycles. The molecule has 0 aromatic heterocycles. The molecule has 0 aromatic carbocycles. The predicted octanol–water partition coefficient (Wildman–Crippen LogP) is 3.02. The molecule has 0 aromatic rings. The number of rotatable bonds is 2. The Morgan fingerprint density at radius 1 is 1.21 bits per heavy atom. The van der Waals surface area contributed by atoms with Gasteiger partial charge >= 0.3 is 0 Å². The summed E-state index contributed by atoms with van der Waals surface area (Å²) in [6.07, 6.45) is 7.72. The fourth-order valence-electron chi connectivity index (χ4n) is 1.50. The average molecular weight is 346 g/mol. The van der Waals surface area contributed by atoms with E-state index >= 15 is 0 Å². The molecular weight excluding hydrogens is 332 g/mol. The first kappa shape index (κ1) is 12.7. The second-order valence-corrected chi connectivity index (χ2v) is 8.19. The number of hydrogen-bond donors (Lipinski definition) is 0. The highest BCUT2D eigenvalue weighted by Gasteiger charge is 2.22. The lowest BCUT2D eigenvalue weighted by Gasteiger charge is -2.16. The topological polar surface area (TPSA) is 34.1 Å². The molecule has 5 heteroatoms. The van der Waals surface area contributed by atoms with Crippen LogP contribution in [0.4, 0.5) is 0 Å². The lowest BCUT2D eigenvalue weighted by atomic mass is 10.1. The third kappa shape index (κ3) is 3.66. The smallest absolute Gasteiger partial charge is 0.166 e. The van der Waals surface area contributed by atoms with Gasteiger partial charge in [-0.2, -0.15) is 0 Å². The molecule has 2 unspecified atom stereocenters. The van der Waals surface area contributed by atoms with Gasteiger partial charge in [0.1, 0.15) is 4.66 Å². The second-order valence-electron chi connectivity index (χ2n) is 3.50. The van der Waals surface area contributed by atoms with Crippen LogP contribution in [0.1, 0.15) is 25.7 Å². The van der Waals surface area contributed by atoms with Crippen LogP contribution in [-0.4, -0.2) is 23.2 Å². The fraction of sp³-hybridized carbons (Fsp3) is 0.778. The average Bonchev–Trinajstić information content (AvgIpc) is 2.11. The molecule has 0 spiro atoms. The van der Waals surface area contributed by atoms with Gasteiger partial charge < -0.3 is 0 Å². The fourth-order valence-corrected chi connectivity index (χ4v) is 4.04. The van der Waals surface area contributed by atoms with Crippen molar-refractivity contribution in [3.05, 3.63) is 12.2 Å². The molecule has 0 bridgehead atoms. The first-order valence-corrected chi connectivity index (χ1v) is 8.41. The zero-order valence-electron chi connectivity index (χ0n) is 7.83. The Morgan fingerprint density at radius 2 is 1.86 bits per heavy atom. The monoisotopic (exact) mass is 344 g/mol. The van der Waals surface area contributed by atoms with E-state index in [0.717, 1.165) is 25.7 Å². The molecule has 0 radical (unpaired) electrons. The van der Waals surface area contributed by atoms with Gasteiger partial charge in [-0.1, -0.05) is 56.9 Å². The van der Waals surface area contributed by atoms with Crippen LogP contribution in [0.15, 0.2) is 12.2 Å². The molecule has 2 nitrogen and oxygen atoms in total. The molecule has 0 N–H and O–H groups in total. The van der Waals surface area contributed by atoms with Crippen molar-refractivity contribution in [2.75, 3.05) is 4.66 Å². The molecule has 2 atom stereocenters. The molecular formula is C9H14Br2O2S. The van der Waals surface area contributed by atoms with Crippen molar-refractivity contribution >= 4 is 41.7 Å². The van der Waals surface area contributed by atoms with Gasteiger partial charge in [-0.25, -0.2) is 8.42 Å². The van der Waals surface area contributed by atoms with E-state index in [1.807, 2.05) is 12.2 Å². The number of alkyl halides is 2. The summed E-state index contributed by atoms with van der Waals surface area (Å²) in [6, 6.07) is 0. The largest absolute Gasteiger partial charge is 0.227 e. The van der Waals surface area contributed by atoms with Crippen LogP contribution in [-0.2, 0) is 9.84 Å². The van der Waals surface area contributed by atoms with Gasteiger partial charge in [0, 0.05) is 4.83 Å². The molecule has 0 amide bonds. The Bertz CT molecular complexity index is 298. The van der Waals surface area contributed by atoms with Crippen LogP contribution < -0.4 is 0 Å². The summed E-state index contributed by atoms with van der Waals surface area (Å²) < 4.78 is 23.3. The van der Waals surface area contributed by atoms with Crippen LogP contribution in [0.5, 0.6) is 0 Å².